The quantitative estimate of drug-likeness (QED) is 0.772. The molecule has 2 rings (SSSR count). The molecule has 8 heteroatoms. The van der Waals surface area contributed by atoms with Gasteiger partial charge in [0.25, 0.3) is 0 Å². The second-order valence-electron chi connectivity index (χ2n) is 4.60. The van der Waals surface area contributed by atoms with Crippen molar-refractivity contribution in [3.8, 4) is 17.2 Å². The maximum absolute atomic E-state index is 5.55. The molecule has 1 aromatic heterocycles. The van der Waals surface area contributed by atoms with Crippen molar-refractivity contribution in [3.05, 3.63) is 24.0 Å². The monoisotopic (exact) mass is 292 g/mol. The Morgan fingerprint density at radius 3 is 2.43 bits per heavy atom. The van der Waals surface area contributed by atoms with E-state index >= 15 is 0 Å². The minimum absolute atomic E-state index is 0.588. The third kappa shape index (κ3) is 3.67. The molecule has 0 aliphatic heterocycles. The van der Waals surface area contributed by atoms with E-state index in [1.54, 1.807) is 25.0 Å². The molecule has 2 aromatic rings. The summed E-state index contributed by atoms with van der Waals surface area (Å²) < 4.78 is 12.2. The summed E-state index contributed by atoms with van der Waals surface area (Å²) in [7, 11) is 5.18. The van der Waals surface area contributed by atoms with Gasteiger partial charge in [0, 0.05) is 31.3 Å². The van der Waals surface area contributed by atoms with Crippen LogP contribution in [-0.2, 0) is 6.54 Å². The molecule has 114 valence electrons. The smallest absolute Gasteiger partial charge is 0.170 e. The number of benzene rings is 1. The number of methoxy groups -OCH3 is 2. The van der Waals surface area contributed by atoms with Crippen LogP contribution in [0.2, 0.25) is 0 Å². The Labute approximate surface area is 123 Å². The molecule has 0 aliphatic rings. The zero-order valence-electron chi connectivity index (χ0n) is 12.5. The van der Waals surface area contributed by atoms with Crippen molar-refractivity contribution in [2.75, 3.05) is 34.4 Å². The summed E-state index contributed by atoms with van der Waals surface area (Å²) >= 11 is 0. The van der Waals surface area contributed by atoms with Crippen LogP contribution in [0.3, 0.4) is 0 Å². The van der Waals surface area contributed by atoms with Gasteiger partial charge in [-0.05, 0) is 17.5 Å². The van der Waals surface area contributed by atoms with E-state index in [2.05, 4.69) is 20.4 Å². The van der Waals surface area contributed by atoms with Gasteiger partial charge in [-0.3, -0.25) is 4.90 Å². The SMILES string of the molecule is COc1cc(OC)cc(-n2nnnc2CN(C)CCN)c1. The van der Waals surface area contributed by atoms with Crippen molar-refractivity contribution in [3.63, 3.8) is 0 Å². The van der Waals surface area contributed by atoms with E-state index in [9.17, 15) is 0 Å². The number of hydrogen-bond acceptors (Lipinski definition) is 7. The Kier molecular flexibility index (Phi) is 5.07. The van der Waals surface area contributed by atoms with E-state index in [-0.39, 0.29) is 0 Å². The molecule has 0 bridgehead atoms. The summed E-state index contributed by atoms with van der Waals surface area (Å²) in [6, 6.07) is 5.50. The first-order valence-electron chi connectivity index (χ1n) is 6.57. The highest BCUT2D eigenvalue weighted by atomic mass is 16.5. The van der Waals surface area contributed by atoms with Crippen LogP contribution in [0.5, 0.6) is 11.5 Å². The van der Waals surface area contributed by atoms with Gasteiger partial charge < -0.3 is 15.2 Å². The number of hydrogen-bond donors (Lipinski definition) is 1. The third-order valence-corrected chi connectivity index (χ3v) is 3.04. The van der Waals surface area contributed by atoms with Gasteiger partial charge in [0.15, 0.2) is 5.82 Å². The third-order valence-electron chi connectivity index (χ3n) is 3.04. The topological polar surface area (TPSA) is 91.3 Å². The Bertz CT molecular complexity index is 564. The van der Waals surface area contributed by atoms with Gasteiger partial charge in [0.2, 0.25) is 0 Å². The molecule has 21 heavy (non-hydrogen) atoms. The molecule has 0 spiro atoms. The molecular formula is C13H20N6O2. The molecule has 0 atom stereocenters. The number of nitrogens with zero attached hydrogens (tertiary/aromatic N) is 5. The van der Waals surface area contributed by atoms with Gasteiger partial charge in [0.05, 0.1) is 26.5 Å². The predicted octanol–water partition coefficient (Wildman–Crippen LogP) is 0.0700. The molecular weight excluding hydrogens is 272 g/mol. The minimum atomic E-state index is 0.588. The second kappa shape index (κ2) is 7.00. The van der Waals surface area contributed by atoms with Crippen LogP contribution < -0.4 is 15.2 Å². The maximum atomic E-state index is 5.55. The molecule has 0 amide bonds. The second-order valence-corrected chi connectivity index (χ2v) is 4.60. The number of aromatic nitrogens is 4. The van der Waals surface area contributed by atoms with Crippen molar-refractivity contribution in [2.24, 2.45) is 5.73 Å². The van der Waals surface area contributed by atoms with Crippen LogP contribution in [0.1, 0.15) is 5.82 Å². The van der Waals surface area contributed by atoms with Crippen molar-refractivity contribution >= 4 is 0 Å². The van der Waals surface area contributed by atoms with Crippen LogP contribution in [0.15, 0.2) is 18.2 Å². The molecule has 0 radical (unpaired) electrons. The van der Waals surface area contributed by atoms with Gasteiger partial charge in [0.1, 0.15) is 11.5 Å². The number of nitrogens with two attached hydrogens (primary N) is 1. The molecule has 0 unspecified atom stereocenters. The highest BCUT2D eigenvalue weighted by molar-refractivity contribution is 5.46. The van der Waals surface area contributed by atoms with Gasteiger partial charge in [-0.1, -0.05) is 0 Å². The zero-order chi connectivity index (χ0) is 15.2. The van der Waals surface area contributed by atoms with Gasteiger partial charge in [-0.15, -0.1) is 5.10 Å². The highest BCUT2D eigenvalue weighted by Crippen LogP contribution is 2.25. The van der Waals surface area contributed by atoms with E-state index in [1.165, 1.54) is 0 Å². The van der Waals surface area contributed by atoms with Crippen molar-refractivity contribution < 1.29 is 9.47 Å². The zero-order valence-corrected chi connectivity index (χ0v) is 12.5. The highest BCUT2D eigenvalue weighted by Gasteiger charge is 2.12. The standard InChI is InChI=1S/C13H20N6O2/c1-18(5-4-14)9-13-15-16-17-19(13)10-6-11(20-2)8-12(7-10)21-3/h6-8H,4-5,9,14H2,1-3H3. The first-order chi connectivity index (χ1) is 10.2. The number of ether oxygens (including phenoxy) is 2. The first kappa shape index (κ1) is 15.2. The van der Waals surface area contributed by atoms with E-state index in [1.807, 2.05) is 19.2 Å². The van der Waals surface area contributed by atoms with E-state index in [0.717, 1.165) is 18.1 Å². The van der Waals surface area contributed by atoms with Crippen molar-refractivity contribution in [1.29, 1.82) is 0 Å². The summed E-state index contributed by atoms with van der Waals surface area (Å²) in [5.74, 6) is 2.09. The van der Waals surface area contributed by atoms with Gasteiger partial charge in [-0.2, -0.15) is 4.68 Å². The average molecular weight is 292 g/mol. The molecule has 0 saturated carbocycles. The van der Waals surface area contributed by atoms with Gasteiger partial charge >= 0.3 is 0 Å². The van der Waals surface area contributed by atoms with E-state index < -0.39 is 0 Å². The number of rotatable bonds is 7. The molecule has 8 nitrogen and oxygen atoms in total. The predicted molar refractivity (Wildman–Crippen MR) is 77.6 cm³/mol. The minimum Gasteiger partial charge on any atom is -0.497 e. The van der Waals surface area contributed by atoms with Crippen LogP contribution in [0.25, 0.3) is 5.69 Å². The Hall–Kier alpha value is -2.19. The lowest BCUT2D eigenvalue weighted by Gasteiger charge is -2.15. The van der Waals surface area contributed by atoms with E-state index in [4.69, 9.17) is 15.2 Å². The number of likely N-dealkylation sites (N-methyl/N-ethyl adjacent to an activating group) is 1. The van der Waals surface area contributed by atoms with Crippen LogP contribution in [-0.4, -0.2) is 59.5 Å². The fourth-order valence-corrected chi connectivity index (χ4v) is 1.96. The van der Waals surface area contributed by atoms with E-state index in [0.29, 0.717) is 24.6 Å². The Balaban J connectivity index is 2.32. The lowest BCUT2D eigenvalue weighted by atomic mass is 10.2. The number of tetrazole rings is 1. The molecule has 1 aromatic carbocycles. The fraction of sp³-hybridized carbons (Fsp3) is 0.462. The lowest BCUT2D eigenvalue weighted by molar-refractivity contribution is 0.324. The fourth-order valence-electron chi connectivity index (χ4n) is 1.96. The first-order valence-corrected chi connectivity index (χ1v) is 6.57. The molecule has 2 N–H and O–H groups in total. The maximum Gasteiger partial charge on any atom is 0.170 e. The normalized spacial score (nSPS) is 10.9. The van der Waals surface area contributed by atoms with Crippen molar-refractivity contribution in [1.82, 2.24) is 25.1 Å². The summed E-state index contributed by atoms with van der Waals surface area (Å²) in [6.45, 7) is 1.96. The Morgan fingerprint density at radius 1 is 1.19 bits per heavy atom. The summed E-state index contributed by atoms with van der Waals surface area (Å²) in [5.41, 5.74) is 6.33. The summed E-state index contributed by atoms with van der Waals surface area (Å²) in [4.78, 5) is 2.06. The Morgan fingerprint density at radius 2 is 1.86 bits per heavy atom. The molecule has 0 saturated heterocycles. The summed E-state index contributed by atoms with van der Waals surface area (Å²) in [5, 5.41) is 11.8. The van der Waals surface area contributed by atoms with Crippen LogP contribution >= 0.6 is 0 Å². The molecule has 0 fully saturated rings. The van der Waals surface area contributed by atoms with Crippen LogP contribution in [0.4, 0.5) is 0 Å². The molecule has 0 aliphatic carbocycles. The lowest BCUT2D eigenvalue weighted by Crippen LogP contribution is -2.26. The van der Waals surface area contributed by atoms with Crippen LogP contribution in [0, 0.1) is 0 Å². The largest absolute Gasteiger partial charge is 0.497 e. The average Bonchev–Trinajstić information content (AvgIpc) is 2.94. The summed E-state index contributed by atoms with van der Waals surface area (Å²) in [6.07, 6.45) is 0. The molecule has 1 heterocycles. The van der Waals surface area contributed by atoms with Gasteiger partial charge in [-0.25, -0.2) is 0 Å². The van der Waals surface area contributed by atoms with Crippen molar-refractivity contribution in [2.45, 2.75) is 6.54 Å².